The molecule has 0 aliphatic carbocycles. The van der Waals surface area contributed by atoms with Gasteiger partial charge in [-0.2, -0.15) is 0 Å². The lowest BCUT2D eigenvalue weighted by Crippen LogP contribution is -2.50. The van der Waals surface area contributed by atoms with Gasteiger partial charge in [0.05, 0.1) is 5.92 Å². The first kappa shape index (κ1) is 17.5. The van der Waals surface area contributed by atoms with E-state index in [-0.39, 0.29) is 30.0 Å². The number of para-hydroxylation sites is 1. The third-order valence-electron chi connectivity index (χ3n) is 5.33. The van der Waals surface area contributed by atoms with Crippen LogP contribution in [0.15, 0.2) is 54.6 Å². The van der Waals surface area contributed by atoms with Crippen LogP contribution in [0, 0.1) is 11.7 Å². The third kappa shape index (κ3) is 3.65. The maximum absolute atomic E-state index is 13.1. The molecule has 2 aromatic rings. The normalized spacial score (nSPS) is 20.3. The topological polar surface area (TPSA) is 43.9 Å². The molecule has 1 unspecified atom stereocenters. The fourth-order valence-electron chi connectivity index (χ4n) is 3.83. The van der Waals surface area contributed by atoms with E-state index < -0.39 is 0 Å². The summed E-state index contributed by atoms with van der Waals surface area (Å²) in [7, 11) is 0. The van der Waals surface area contributed by atoms with E-state index in [0.717, 1.165) is 13.1 Å². The van der Waals surface area contributed by atoms with Crippen LogP contribution in [0.5, 0.6) is 0 Å². The number of amides is 2. The summed E-state index contributed by atoms with van der Waals surface area (Å²) >= 11 is 0. The smallest absolute Gasteiger partial charge is 0.228 e. The van der Waals surface area contributed by atoms with E-state index in [9.17, 15) is 14.0 Å². The highest BCUT2D eigenvalue weighted by molar-refractivity contribution is 6.00. The first-order valence-corrected chi connectivity index (χ1v) is 9.26. The lowest BCUT2D eigenvalue weighted by molar-refractivity contribution is -0.136. The number of carbonyl (C=O) groups excluding carboxylic acids is 2. The van der Waals surface area contributed by atoms with Crippen LogP contribution in [0.4, 0.5) is 15.8 Å². The van der Waals surface area contributed by atoms with Crippen molar-refractivity contribution < 1.29 is 14.0 Å². The van der Waals surface area contributed by atoms with Crippen LogP contribution in [0.3, 0.4) is 0 Å². The highest BCUT2D eigenvalue weighted by Gasteiger charge is 2.37. The molecule has 0 N–H and O–H groups in total. The zero-order valence-electron chi connectivity index (χ0n) is 15.1. The standard InChI is InChI=1S/C21H22FN3O2/c22-17-6-8-19(9-7-17)25-15-16(14-20(25)26)21(27)24-12-10-23(11-13-24)18-4-2-1-3-5-18/h1-9,16H,10-15H2. The van der Waals surface area contributed by atoms with Gasteiger partial charge in [-0.25, -0.2) is 4.39 Å². The van der Waals surface area contributed by atoms with Gasteiger partial charge < -0.3 is 14.7 Å². The van der Waals surface area contributed by atoms with Crippen LogP contribution < -0.4 is 9.80 Å². The van der Waals surface area contributed by atoms with Crippen LogP contribution in [0.2, 0.25) is 0 Å². The van der Waals surface area contributed by atoms with Crippen LogP contribution >= 0.6 is 0 Å². The number of halogens is 1. The molecule has 2 aliphatic heterocycles. The zero-order chi connectivity index (χ0) is 18.8. The van der Waals surface area contributed by atoms with Gasteiger partial charge in [0, 0.05) is 50.5 Å². The van der Waals surface area contributed by atoms with Gasteiger partial charge in [0.15, 0.2) is 0 Å². The van der Waals surface area contributed by atoms with Gasteiger partial charge in [0.25, 0.3) is 0 Å². The minimum Gasteiger partial charge on any atom is -0.368 e. The van der Waals surface area contributed by atoms with Crippen molar-refractivity contribution in [1.29, 1.82) is 0 Å². The highest BCUT2D eigenvalue weighted by atomic mass is 19.1. The number of hydrogen-bond donors (Lipinski definition) is 0. The quantitative estimate of drug-likeness (QED) is 0.837. The molecule has 5 nitrogen and oxygen atoms in total. The Morgan fingerprint density at radius 2 is 1.56 bits per heavy atom. The van der Waals surface area contributed by atoms with Gasteiger partial charge in [-0.3, -0.25) is 9.59 Å². The second-order valence-corrected chi connectivity index (χ2v) is 7.03. The Kier molecular flexibility index (Phi) is 4.79. The molecule has 27 heavy (non-hydrogen) atoms. The largest absolute Gasteiger partial charge is 0.368 e. The lowest BCUT2D eigenvalue weighted by atomic mass is 10.1. The van der Waals surface area contributed by atoms with Crippen molar-refractivity contribution in [3.63, 3.8) is 0 Å². The minimum atomic E-state index is -0.339. The van der Waals surface area contributed by atoms with E-state index in [1.54, 1.807) is 17.0 Å². The summed E-state index contributed by atoms with van der Waals surface area (Å²) in [6, 6.07) is 16.0. The van der Waals surface area contributed by atoms with Gasteiger partial charge >= 0.3 is 0 Å². The molecule has 140 valence electrons. The van der Waals surface area contributed by atoms with E-state index in [4.69, 9.17) is 0 Å². The molecule has 2 heterocycles. The van der Waals surface area contributed by atoms with Crippen molar-refractivity contribution in [3.8, 4) is 0 Å². The van der Waals surface area contributed by atoms with E-state index >= 15 is 0 Å². The monoisotopic (exact) mass is 367 g/mol. The van der Waals surface area contributed by atoms with E-state index in [1.165, 1.54) is 17.8 Å². The molecule has 6 heteroatoms. The van der Waals surface area contributed by atoms with Gasteiger partial charge in [0.1, 0.15) is 5.82 Å². The minimum absolute atomic E-state index is 0.0423. The maximum atomic E-state index is 13.1. The van der Waals surface area contributed by atoms with Gasteiger partial charge in [0.2, 0.25) is 11.8 Å². The number of carbonyl (C=O) groups is 2. The Bertz CT molecular complexity index is 817. The molecule has 4 rings (SSSR count). The fourth-order valence-corrected chi connectivity index (χ4v) is 3.83. The average Bonchev–Trinajstić information content (AvgIpc) is 3.10. The first-order valence-electron chi connectivity index (χ1n) is 9.26. The van der Waals surface area contributed by atoms with Crippen LogP contribution in [-0.2, 0) is 9.59 Å². The van der Waals surface area contributed by atoms with Crippen molar-refractivity contribution >= 4 is 23.2 Å². The van der Waals surface area contributed by atoms with E-state index in [0.29, 0.717) is 25.3 Å². The highest BCUT2D eigenvalue weighted by Crippen LogP contribution is 2.27. The molecule has 2 aliphatic rings. The second kappa shape index (κ2) is 7.39. The van der Waals surface area contributed by atoms with E-state index in [2.05, 4.69) is 17.0 Å². The van der Waals surface area contributed by atoms with Crippen molar-refractivity contribution in [3.05, 3.63) is 60.4 Å². The summed E-state index contributed by atoms with van der Waals surface area (Å²) in [5.41, 5.74) is 1.81. The maximum Gasteiger partial charge on any atom is 0.228 e. The number of rotatable bonds is 3. The van der Waals surface area contributed by atoms with Crippen molar-refractivity contribution in [1.82, 2.24) is 4.90 Å². The molecule has 0 saturated carbocycles. The number of nitrogens with zero attached hydrogens (tertiary/aromatic N) is 3. The molecule has 0 spiro atoms. The Morgan fingerprint density at radius 1 is 0.889 bits per heavy atom. The molecule has 0 aromatic heterocycles. The molecule has 2 amide bonds. The fraction of sp³-hybridized carbons (Fsp3) is 0.333. The summed E-state index contributed by atoms with van der Waals surface area (Å²) in [6.45, 7) is 3.27. The Morgan fingerprint density at radius 3 is 2.22 bits per heavy atom. The van der Waals surface area contributed by atoms with Crippen molar-refractivity contribution in [2.24, 2.45) is 5.92 Å². The Hall–Kier alpha value is -2.89. The summed E-state index contributed by atoms with van der Waals surface area (Å²) < 4.78 is 13.1. The number of piperazine rings is 1. The predicted octanol–water partition coefficient (Wildman–Crippen LogP) is 2.53. The van der Waals surface area contributed by atoms with Crippen LogP contribution in [0.1, 0.15) is 6.42 Å². The summed E-state index contributed by atoms with van der Waals surface area (Å²) in [6.07, 6.45) is 0.217. The predicted molar refractivity (Wildman–Crippen MR) is 102 cm³/mol. The molecule has 1 atom stereocenters. The van der Waals surface area contributed by atoms with Gasteiger partial charge in [-0.15, -0.1) is 0 Å². The van der Waals surface area contributed by atoms with Gasteiger partial charge in [-0.1, -0.05) is 18.2 Å². The molecule has 2 fully saturated rings. The first-order chi connectivity index (χ1) is 13.1. The SMILES string of the molecule is O=C(C1CC(=O)N(c2ccc(F)cc2)C1)N1CCN(c2ccccc2)CC1. The Labute approximate surface area is 158 Å². The zero-order valence-corrected chi connectivity index (χ0v) is 15.1. The van der Waals surface area contributed by atoms with Crippen molar-refractivity contribution in [2.75, 3.05) is 42.5 Å². The molecule has 0 bridgehead atoms. The third-order valence-corrected chi connectivity index (χ3v) is 5.33. The van der Waals surface area contributed by atoms with Crippen LogP contribution in [0.25, 0.3) is 0 Å². The van der Waals surface area contributed by atoms with Crippen molar-refractivity contribution in [2.45, 2.75) is 6.42 Å². The lowest BCUT2D eigenvalue weighted by Gasteiger charge is -2.37. The summed E-state index contributed by atoms with van der Waals surface area (Å²) in [5, 5.41) is 0. The molecule has 2 aromatic carbocycles. The number of anilines is 2. The molecule has 0 radical (unpaired) electrons. The summed E-state index contributed by atoms with van der Waals surface area (Å²) in [4.78, 5) is 31.0. The number of hydrogen-bond acceptors (Lipinski definition) is 3. The van der Waals surface area contributed by atoms with E-state index in [1.807, 2.05) is 23.1 Å². The van der Waals surface area contributed by atoms with Gasteiger partial charge in [-0.05, 0) is 36.4 Å². The summed E-state index contributed by atoms with van der Waals surface area (Å²) in [5.74, 6) is -0.705. The second-order valence-electron chi connectivity index (χ2n) is 7.03. The molecular formula is C21H22FN3O2. The number of benzene rings is 2. The molecular weight excluding hydrogens is 345 g/mol. The molecule has 2 saturated heterocycles. The Balaban J connectivity index is 1.36. The van der Waals surface area contributed by atoms with Crippen LogP contribution in [-0.4, -0.2) is 49.4 Å². The average molecular weight is 367 g/mol.